The summed E-state index contributed by atoms with van der Waals surface area (Å²) in [6, 6.07) is 7.71. The molecule has 0 spiro atoms. The van der Waals surface area contributed by atoms with Gasteiger partial charge in [-0.2, -0.15) is 0 Å². The highest BCUT2D eigenvalue weighted by atomic mass is 79.9. The lowest BCUT2D eigenvalue weighted by atomic mass is 10.1. The molecule has 2 rings (SSSR count). The molecule has 2 N–H and O–H groups in total. The van der Waals surface area contributed by atoms with Gasteiger partial charge in [0.05, 0.1) is 5.69 Å². The molecule has 16 heavy (non-hydrogen) atoms. The van der Waals surface area contributed by atoms with Crippen molar-refractivity contribution in [1.29, 1.82) is 0 Å². The Balaban J connectivity index is 2.74. The van der Waals surface area contributed by atoms with Crippen LogP contribution in [0.5, 0.6) is 0 Å². The van der Waals surface area contributed by atoms with Gasteiger partial charge in [-0.15, -0.1) is 0 Å². The van der Waals surface area contributed by atoms with Crippen LogP contribution in [0.2, 0.25) is 0 Å². The first-order valence-corrected chi connectivity index (χ1v) is 5.87. The Kier molecular flexibility index (Phi) is 3.07. The summed E-state index contributed by atoms with van der Waals surface area (Å²) in [7, 11) is 0. The molecule has 0 amide bonds. The normalized spacial score (nSPS) is 10.4. The molecular formula is C11H9BrN2OS. The molecule has 0 aliphatic rings. The van der Waals surface area contributed by atoms with Crippen LogP contribution in [0.25, 0.3) is 11.3 Å². The molecule has 0 saturated heterocycles. The van der Waals surface area contributed by atoms with Crippen molar-refractivity contribution in [3.05, 3.63) is 49.4 Å². The fourth-order valence-electron chi connectivity index (χ4n) is 1.48. The van der Waals surface area contributed by atoms with Crippen LogP contribution in [0.4, 0.5) is 0 Å². The molecule has 0 bridgehead atoms. The minimum Gasteiger partial charge on any atom is -0.332 e. The second-order valence-electron chi connectivity index (χ2n) is 3.42. The highest BCUT2D eigenvalue weighted by molar-refractivity contribution is 9.10. The molecule has 5 heteroatoms. The van der Waals surface area contributed by atoms with E-state index in [2.05, 4.69) is 25.9 Å². The maximum Gasteiger partial charge on any atom is 0.255 e. The standard InChI is InChI=1S/C11H9BrN2OS/c1-6-9(13-11(16)14-10(6)15)7-3-2-4-8(12)5-7/h2-5H,1H3,(H2,13,14,15,16). The molecule has 2 aromatic rings. The van der Waals surface area contributed by atoms with Crippen molar-refractivity contribution in [2.75, 3.05) is 0 Å². The van der Waals surface area contributed by atoms with Gasteiger partial charge < -0.3 is 4.98 Å². The summed E-state index contributed by atoms with van der Waals surface area (Å²) in [5.41, 5.74) is 2.17. The summed E-state index contributed by atoms with van der Waals surface area (Å²) >= 11 is 8.35. The summed E-state index contributed by atoms with van der Waals surface area (Å²) in [6.45, 7) is 1.76. The summed E-state index contributed by atoms with van der Waals surface area (Å²) in [6.07, 6.45) is 0. The van der Waals surface area contributed by atoms with Crippen molar-refractivity contribution >= 4 is 28.1 Å². The maximum absolute atomic E-state index is 11.6. The second kappa shape index (κ2) is 4.35. The lowest BCUT2D eigenvalue weighted by Gasteiger charge is -2.05. The first kappa shape index (κ1) is 11.3. The van der Waals surface area contributed by atoms with Crippen molar-refractivity contribution in [2.45, 2.75) is 6.92 Å². The number of halogens is 1. The van der Waals surface area contributed by atoms with E-state index < -0.39 is 0 Å². The van der Waals surface area contributed by atoms with Crippen LogP contribution in [0.15, 0.2) is 33.5 Å². The van der Waals surface area contributed by atoms with E-state index >= 15 is 0 Å². The molecule has 3 nitrogen and oxygen atoms in total. The van der Waals surface area contributed by atoms with Gasteiger partial charge in [0.2, 0.25) is 0 Å². The van der Waals surface area contributed by atoms with Crippen molar-refractivity contribution < 1.29 is 0 Å². The van der Waals surface area contributed by atoms with Gasteiger partial charge in [-0.05, 0) is 36.8 Å². The number of hydrogen-bond acceptors (Lipinski definition) is 2. The van der Waals surface area contributed by atoms with Gasteiger partial charge in [0.15, 0.2) is 4.77 Å². The highest BCUT2D eigenvalue weighted by Crippen LogP contribution is 2.22. The Morgan fingerprint density at radius 2 is 2.06 bits per heavy atom. The Morgan fingerprint density at radius 3 is 2.75 bits per heavy atom. The number of nitrogens with one attached hydrogen (secondary N) is 2. The molecule has 0 fully saturated rings. The van der Waals surface area contributed by atoms with Crippen LogP contribution in [0.1, 0.15) is 5.56 Å². The molecule has 1 heterocycles. The van der Waals surface area contributed by atoms with Crippen molar-refractivity contribution in [2.24, 2.45) is 0 Å². The first-order valence-electron chi connectivity index (χ1n) is 4.67. The Morgan fingerprint density at radius 1 is 1.31 bits per heavy atom. The van der Waals surface area contributed by atoms with E-state index in [9.17, 15) is 4.79 Å². The average molecular weight is 297 g/mol. The predicted molar refractivity (Wildman–Crippen MR) is 70.1 cm³/mol. The molecular weight excluding hydrogens is 288 g/mol. The van der Waals surface area contributed by atoms with Crippen LogP contribution in [0, 0.1) is 11.7 Å². The number of rotatable bonds is 1. The van der Waals surface area contributed by atoms with Gasteiger partial charge >= 0.3 is 0 Å². The highest BCUT2D eigenvalue weighted by Gasteiger charge is 2.05. The minimum atomic E-state index is -0.154. The maximum atomic E-state index is 11.6. The molecule has 1 aromatic heterocycles. The van der Waals surface area contributed by atoms with Crippen LogP contribution in [0.3, 0.4) is 0 Å². The summed E-state index contributed by atoms with van der Waals surface area (Å²) in [4.78, 5) is 17.1. The molecule has 0 atom stereocenters. The van der Waals surface area contributed by atoms with Crippen LogP contribution in [-0.4, -0.2) is 9.97 Å². The topological polar surface area (TPSA) is 48.6 Å². The number of hydrogen-bond donors (Lipinski definition) is 2. The summed E-state index contributed by atoms with van der Waals surface area (Å²) in [5.74, 6) is 0. The van der Waals surface area contributed by atoms with Crippen molar-refractivity contribution in [3.8, 4) is 11.3 Å². The largest absolute Gasteiger partial charge is 0.332 e. The zero-order valence-corrected chi connectivity index (χ0v) is 10.9. The number of benzene rings is 1. The smallest absolute Gasteiger partial charge is 0.255 e. The summed E-state index contributed by atoms with van der Waals surface area (Å²) < 4.78 is 1.30. The molecule has 1 aromatic carbocycles. The first-order chi connectivity index (χ1) is 7.58. The predicted octanol–water partition coefficient (Wildman–Crippen LogP) is 3.17. The van der Waals surface area contributed by atoms with Crippen LogP contribution < -0.4 is 5.56 Å². The Bertz CT molecular complexity index is 645. The van der Waals surface area contributed by atoms with Gasteiger partial charge in [-0.25, -0.2) is 0 Å². The lowest BCUT2D eigenvalue weighted by Crippen LogP contribution is -2.12. The third kappa shape index (κ3) is 2.15. The monoisotopic (exact) mass is 296 g/mol. The van der Waals surface area contributed by atoms with Crippen molar-refractivity contribution in [1.82, 2.24) is 9.97 Å². The molecule has 82 valence electrons. The van der Waals surface area contributed by atoms with Gasteiger partial charge in [-0.1, -0.05) is 28.1 Å². The van der Waals surface area contributed by atoms with Gasteiger partial charge in [0, 0.05) is 10.0 Å². The van der Waals surface area contributed by atoms with E-state index in [4.69, 9.17) is 12.2 Å². The number of aromatic amines is 2. The molecule has 0 saturated carbocycles. The second-order valence-corrected chi connectivity index (χ2v) is 4.74. The van der Waals surface area contributed by atoms with Crippen LogP contribution >= 0.6 is 28.1 Å². The van der Waals surface area contributed by atoms with Gasteiger partial charge in [0.1, 0.15) is 0 Å². The Hall–Kier alpha value is -1.20. The van der Waals surface area contributed by atoms with E-state index in [-0.39, 0.29) is 5.56 Å². The zero-order valence-electron chi connectivity index (χ0n) is 8.50. The van der Waals surface area contributed by atoms with E-state index in [1.165, 1.54) is 0 Å². The zero-order chi connectivity index (χ0) is 11.7. The fourth-order valence-corrected chi connectivity index (χ4v) is 2.08. The van der Waals surface area contributed by atoms with Gasteiger partial charge in [0.25, 0.3) is 5.56 Å². The number of aromatic nitrogens is 2. The number of H-pyrrole nitrogens is 2. The minimum absolute atomic E-state index is 0.154. The molecule has 0 unspecified atom stereocenters. The van der Waals surface area contributed by atoms with Crippen LogP contribution in [-0.2, 0) is 0 Å². The molecule has 0 radical (unpaired) electrons. The molecule has 0 aliphatic heterocycles. The van der Waals surface area contributed by atoms with E-state index in [0.717, 1.165) is 15.7 Å². The quantitative estimate of drug-likeness (QED) is 0.794. The SMILES string of the molecule is Cc1c(-c2cccc(Br)c2)[nH]c(=S)[nH]c1=O. The molecule has 0 aliphatic carbocycles. The third-order valence-electron chi connectivity index (χ3n) is 2.29. The third-order valence-corrected chi connectivity index (χ3v) is 2.99. The lowest BCUT2D eigenvalue weighted by molar-refractivity contribution is 1.06. The van der Waals surface area contributed by atoms with Gasteiger partial charge in [-0.3, -0.25) is 9.78 Å². The van der Waals surface area contributed by atoms with E-state index in [0.29, 0.717) is 10.3 Å². The van der Waals surface area contributed by atoms with Crippen molar-refractivity contribution in [3.63, 3.8) is 0 Å². The van der Waals surface area contributed by atoms with E-state index in [1.807, 2.05) is 24.3 Å². The fraction of sp³-hybridized carbons (Fsp3) is 0.0909. The van der Waals surface area contributed by atoms with E-state index in [1.54, 1.807) is 6.92 Å². The Labute approximate surface area is 106 Å². The summed E-state index contributed by atoms with van der Waals surface area (Å²) in [5, 5.41) is 0. The average Bonchev–Trinajstić information content (AvgIpc) is 2.23.